The van der Waals surface area contributed by atoms with E-state index in [4.69, 9.17) is 0 Å². The molecule has 0 atom stereocenters. The van der Waals surface area contributed by atoms with Crippen molar-refractivity contribution in [1.82, 2.24) is 0 Å². The minimum atomic E-state index is 1.22. The molecule has 0 amide bonds. The van der Waals surface area contributed by atoms with Crippen LogP contribution in [-0.2, 0) is 0 Å². The first kappa shape index (κ1) is 33.8. The summed E-state index contributed by atoms with van der Waals surface area (Å²) < 4.78 is 0. The van der Waals surface area contributed by atoms with Gasteiger partial charge in [0.25, 0.3) is 0 Å². The average molecular weight is 735 g/mol. The van der Waals surface area contributed by atoms with Gasteiger partial charge in [-0.1, -0.05) is 194 Å². The lowest BCUT2D eigenvalue weighted by Gasteiger charge is -2.14. The van der Waals surface area contributed by atoms with Crippen LogP contribution < -0.4 is 0 Å². The van der Waals surface area contributed by atoms with Gasteiger partial charge in [-0.3, -0.25) is 0 Å². The van der Waals surface area contributed by atoms with Crippen LogP contribution in [0, 0.1) is 0 Å². The van der Waals surface area contributed by atoms with E-state index in [-0.39, 0.29) is 0 Å². The molecular weight excluding hydrogens is 697 g/mol. The molecule has 0 aliphatic heterocycles. The Bertz CT molecular complexity index is 3320. The lowest BCUT2D eigenvalue weighted by atomic mass is 9.90. The van der Waals surface area contributed by atoms with E-state index in [1.54, 1.807) is 0 Å². The lowest BCUT2D eigenvalue weighted by molar-refractivity contribution is 1.60. The first-order valence-corrected chi connectivity index (χ1v) is 20.1. The van der Waals surface area contributed by atoms with Gasteiger partial charge in [-0.25, -0.2) is 0 Å². The molecule has 0 nitrogen and oxygen atoms in total. The van der Waals surface area contributed by atoms with Crippen molar-refractivity contribution in [2.45, 2.75) is 0 Å². The van der Waals surface area contributed by atoms with E-state index in [2.05, 4.69) is 231 Å². The smallest absolute Gasteiger partial charge is 0.00992 e. The third kappa shape index (κ3) is 6.22. The molecule has 0 heterocycles. The summed E-state index contributed by atoms with van der Waals surface area (Å²) in [7, 11) is 0. The van der Waals surface area contributed by atoms with Gasteiger partial charge in [0.1, 0.15) is 0 Å². The molecule has 0 heteroatoms. The molecule has 58 heavy (non-hydrogen) atoms. The molecule has 0 saturated heterocycles. The lowest BCUT2D eigenvalue weighted by Crippen LogP contribution is -1.87. The molecule has 0 saturated carbocycles. The fourth-order valence-electron chi connectivity index (χ4n) is 8.72. The predicted molar refractivity (Wildman–Crippen MR) is 249 cm³/mol. The summed E-state index contributed by atoms with van der Waals surface area (Å²) >= 11 is 0. The van der Waals surface area contributed by atoms with Gasteiger partial charge in [0, 0.05) is 0 Å². The Morgan fingerprint density at radius 1 is 0.155 bits per heavy atom. The van der Waals surface area contributed by atoms with Gasteiger partial charge in [0.2, 0.25) is 0 Å². The molecule has 0 N–H and O–H groups in total. The molecule has 0 fully saturated rings. The zero-order valence-corrected chi connectivity index (χ0v) is 31.9. The van der Waals surface area contributed by atoms with E-state index in [1.807, 2.05) is 0 Å². The van der Waals surface area contributed by atoms with Crippen molar-refractivity contribution < 1.29 is 0 Å². The molecule has 11 aromatic rings. The Kier molecular flexibility index (Phi) is 8.26. The van der Waals surface area contributed by atoms with Crippen molar-refractivity contribution in [3.8, 4) is 66.8 Å². The van der Waals surface area contributed by atoms with Crippen LogP contribution >= 0.6 is 0 Å². The molecule has 0 radical (unpaired) electrons. The summed E-state index contributed by atoms with van der Waals surface area (Å²) in [5.74, 6) is 0. The Balaban J connectivity index is 0.874. The van der Waals surface area contributed by atoms with Crippen LogP contribution in [0.25, 0.3) is 110 Å². The van der Waals surface area contributed by atoms with Crippen LogP contribution in [-0.4, -0.2) is 0 Å². The Hall–Kier alpha value is -7.54. The van der Waals surface area contributed by atoms with Crippen molar-refractivity contribution in [3.63, 3.8) is 0 Å². The van der Waals surface area contributed by atoms with Crippen molar-refractivity contribution in [3.05, 3.63) is 231 Å². The van der Waals surface area contributed by atoms with Crippen molar-refractivity contribution in [2.24, 2.45) is 0 Å². The molecule has 270 valence electrons. The molecule has 0 aliphatic rings. The predicted octanol–water partition coefficient (Wildman–Crippen LogP) is 16.3. The Morgan fingerprint density at radius 3 is 1.05 bits per heavy atom. The zero-order valence-electron chi connectivity index (χ0n) is 31.9. The molecule has 0 unspecified atom stereocenters. The van der Waals surface area contributed by atoms with Crippen LogP contribution in [0.3, 0.4) is 0 Å². The minimum Gasteiger partial charge on any atom is -0.0622 e. The maximum absolute atomic E-state index is 2.34. The summed E-state index contributed by atoms with van der Waals surface area (Å²) in [6.07, 6.45) is 0. The molecule has 0 spiro atoms. The van der Waals surface area contributed by atoms with Crippen LogP contribution in [0.5, 0.6) is 0 Å². The monoisotopic (exact) mass is 734 g/mol. The Morgan fingerprint density at radius 2 is 0.483 bits per heavy atom. The highest BCUT2D eigenvalue weighted by molar-refractivity contribution is 6.06. The highest BCUT2D eigenvalue weighted by Gasteiger charge is 2.12. The number of hydrogen-bond donors (Lipinski definition) is 0. The van der Waals surface area contributed by atoms with Crippen LogP contribution in [0.4, 0.5) is 0 Å². The largest absolute Gasteiger partial charge is 0.0622 e. The molecule has 11 rings (SSSR count). The first-order chi connectivity index (χ1) is 28.7. The number of hydrogen-bond acceptors (Lipinski definition) is 0. The van der Waals surface area contributed by atoms with Gasteiger partial charge in [-0.15, -0.1) is 0 Å². The quantitative estimate of drug-likeness (QED) is 0.160. The van der Waals surface area contributed by atoms with E-state index in [1.165, 1.54) is 110 Å². The van der Waals surface area contributed by atoms with Crippen LogP contribution in [0.1, 0.15) is 0 Å². The number of fused-ring (bicyclic) bond motifs is 4. The third-order valence-electron chi connectivity index (χ3n) is 11.8. The highest BCUT2D eigenvalue weighted by atomic mass is 14.2. The third-order valence-corrected chi connectivity index (χ3v) is 11.8. The first-order valence-electron chi connectivity index (χ1n) is 20.1. The fraction of sp³-hybridized carbons (Fsp3) is 0. The standard InChI is InChI=1S/C58H38/c1-2-9-39(10-3-1)46-23-25-51-36-47(24-26-50(51)35-46)41-17-20-42(21-18-41)55-31-32-56(58-16-7-6-15-57(55)58)54-30-29-52-37-49(27-28-53(52)38-54)45-14-8-13-44(34-45)48-22-19-40-11-4-5-12-43(40)33-48/h1-38H. The zero-order chi connectivity index (χ0) is 38.4. The highest BCUT2D eigenvalue weighted by Crippen LogP contribution is 2.39. The van der Waals surface area contributed by atoms with Gasteiger partial charge >= 0.3 is 0 Å². The van der Waals surface area contributed by atoms with Crippen molar-refractivity contribution in [2.75, 3.05) is 0 Å². The molecule has 0 bridgehead atoms. The van der Waals surface area contributed by atoms with Gasteiger partial charge in [0.15, 0.2) is 0 Å². The molecule has 0 aromatic heterocycles. The second-order valence-electron chi connectivity index (χ2n) is 15.3. The minimum absolute atomic E-state index is 1.22. The normalized spacial score (nSPS) is 11.4. The molecule has 0 aliphatic carbocycles. The second kappa shape index (κ2) is 14.2. The fourth-order valence-corrected chi connectivity index (χ4v) is 8.72. The van der Waals surface area contributed by atoms with Gasteiger partial charge < -0.3 is 0 Å². The van der Waals surface area contributed by atoms with E-state index in [9.17, 15) is 0 Å². The van der Waals surface area contributed by atoms with Gasteiger partial charge in [-0.2, -0.15) is 0 Å². The summed E-state index contributed by atoms with van der Waals surface area (Å²) in [5, 5.41) is 10.0. The van der Waals surface area contributed by atoms with Crippen molar-refractivity contribution >= 4 is 43.1 Å². The summed E-state index contributed by atoms with van der Waals surface area (Å²) in [6.45, 7) is 0. The van der Waals surface area contributed by atoms with Crippen molar-refractivity contribution in [1.29, 1.82) is 0 Å². The van der Waals surface area contributed by atoms with E-state index < -0.39 is 0 Å². The van der Waals surface area contributed by atoms with Crippen LogP contribution in [0.2, 0.25) is 0 Å². The maximum atomic E-state index is 2.34. The number of benzene rings is 11. The topological polar surface area (TPSA) is 0 Å². The summed E-state index contributed by atoms with van der Waals surface area (Å²) in [5.41, 5.74) is 14.8. The van der Waals surface area contributed by atoms with Gasteiger partial charge in [-0.05, 0) is 146 Å². The number of rotatable bonds is 6. The average Bonchev–Trinajstić information content (AvgIpc) is 3.30. The summed E-state index contributed by atoms with van der Waals surface area (Å²) in [6, 6.07) is 84.5. The summed E-state index contributed by atoms with van der Waals surface area (Å²) in [4.78, 5) is 0. The maximum Gasteiger partial charge on any atom is -0.00992 e. The van der Waals surface area contributed by atoms with E-state index in [0.29, 0.717) is 0 Å². The SMILES string of the molecule is c1ccc(-c2ccc3cc(-c4ccc(-c5ccc(-c6ccc7cc(-c8cccc(-c9ccc%10ccccc%10c9)c8)ccc7c6)c6ccccc56)cc4)ccc3c2)cc1. The van der Waals surface area contributed by atoms with Gasteiger partial charge in [0.05, 0.1) is 0 Å². The van der Waals surface area contributed by atoms with Crippen LogP contribution in [0.15, 0.2) is 231 Å². The molecular formula is C58H38. The van der Waals surface area contributed by atoms with E-state index >= 15 is 0 Å². The Labute approximate surface area is 339 Å². The second-order valence-corrected chi connectivity index (χ2v) is 15.3. The molecule has 11 aromatic carbocycles. The van der Waals surface area contributed by atoms with E-state index in [0.717, 1.165) is 0 Å².